The van der Waals surface area contributed by atoms with Crippen molar-refractivity contribution >= 4 is 6.09 Å². The molecule has 0 aliphatic carbocycles. The minimum Gasteiger partial charge on any atom is -0.444 e. The molecule has 4 heteroatoms. The summed E-state index contributed by atoms with van der Waals surface area (Å²) in [6, 6.07) is 10.9. The Hall–Kier alpha value is -1.55. The van der Waals surface area contributed by atoms with Gasteiger partial charge < -0.3 is 10.1 Å². The van der Waals surface area contributed by atoms with Crippen molar-refractivity contribution in [3.8, 4) is 0 Å². The molecule has 1 saturated heterocycles. The summed E-state index contributed by atoms with van der Waals surface area (Å²) in [4.78, 5) is 14.3. The second kappa shape index (κ2) is 7.63. The lowest BCUT2D eigenvalue weighted by Gasteiger charge is -2.36. The summed E-state index contributed by atoms with van der Waals surface area (Å²) in [5.74, 6) is 0. The second-order valence-corrected chi connectivity index (χ2v) is 6.99. The molecule has 0 radical (unpaired) electrons. The molecule has 1 amide bonds. The fourth-order valence-electron chi connectivity index (χ4n) is 2.83. The average molecular weight is 304 g/mol. The maximum atomic E-state index is 11.8. The van der Waals surface area contributed by atoms with E-state index >= 15 is 0 Å². The van der Waals surface area contributed by atoms with Gasteiger partial charge in [-0.05, 0) is 45.7 Å². The molecule has 0 bridgehead atoms. The fourth-order valence-corrected chi connectivity index (χ4v) is 2.83. The molecule has 1 aliphatic rings. The van der Waals surface area contributed by atoms with E-state index in [1.54, 1.807) is 0 Å². The maximum Gasteiger partial charge on any atom is 0.407 e. The molecule has 122 valence electrons. The lowest BCUT2D eigenvalue weighted by Crippen LogP contribution is -2.47. The molecule has 0 saturated carbocycles. The Kier molecular flexibility index (Phi) is 5.83. The van der Waals surface area contributed by atoms with Crippen molar-refractivity contribution in [1.82, 2.24) is 10.2 Å². The molecule has 0 aromatic heterocycles. The van der Waals surface area contributed by atoms with E-state index in [9.17, 15) is 4.79 Å². The molecule has 2 rings (SSSR count). The van der Waals surface area contributed by atoms with E-state index in [1.807, 2.05) is 26.8 Å². The molecule has 1 atom stereocenters. The number of rotatable bonds is 4. The molecular weight excluding hydrogens is 276 g/mol. The highest BCUT2D eigenvalue weighted by Gasteiger charge is 2.24. The van der Waals surface area contributed by atoms with E-state index in [-0.39, 0.29) is 6.09 Å². The number of alkyl carbamates (subject to hydrolysis) is 1. The van der Waals surface area contributed by atoms with Crippen molar-refractivity contribution in [3.63, 3.8) is 0 Å². The van der Waals surface area contributed by atoms with Crippen LogP contribution in [0.3, 0.4) is 0 Å². The first kappa shape index (κ1) is 16.8. The zero-order chi connectivity index (χ0) is 16.0. The van der Waals surface area contributed by atoms with Crippen LogP contribution in [-0.2, 0) is 11.3 Å². The van der Waals surface area contributed by atoms with E-state index in [2.05, 4.69) is 34.5 Å². The summed E-state index contributed by atoms with van der Waals surface area (Å²) >= 11 is 0. The minimum atomic E-state index is -0.444. The van der Waals surface area contributed by atoms with Gasteiger partial charge in [0.05, 0.1) is 0 Å². The normalized spacial score (nSPS) is 19.7. The number of likely N-dealkylation sites (tertiary alicyclic amines) is 1. The summed E-state index contributed by atoms with van der Waals surface area (Å²) in [5, 5.41) is 2.92. The van der Waals surface area contributed by atoms with Crippen molar-refractivity contribution in [2.24, 2.45) is 0 Å². The number of piperidine rings is 1. The Balaban J connectivity index is 1.86. The SMILES string of the molecule is CC(C)(C)OC(=O)NCC1CCCCN1Cc1ccccc1. The van der Waals surface area contributed by atoms with Crippen LogP contribution in [-0.4, -0.2) is 35.7 Å². The molecular formula is C18H28N2O2. The van der Waals surface area contributed by atoms with Crippen LogP contribution in [0.2, 0.25) is 0 Å². The number of amides is 1. The second-order valence-electron chi connectivity index (χ2n) is 6.99. The van der Waals surface area contributed by atoms with Crippen molar-refractivity contribution in [2.45, 2.75) is 58.2 Å². The molecule has 1 aliphatic heterocycles. The van der Waals surface area contributed by atoms with Crippen LogP contribution < -0.4 is 5.32 Å². The number of carbonyl (C=O) groups excluding carboxylic acids is 1. The largest absolute Gasteiger partial charge is 0.444 e. The van der Waals surface area contributed by atoms with Crippen molar-refractivity contribution in [2.75, 3.05) is 13.1 Å². The van der Waals surface area contributed by atoms with Gasteiger partial charge in [-0.25, -0.2) is 4.79 Å². The highest BCUT2D eigenvalue weighted by molar-refractivity contribution is 5.67. The maximum absolute atomic E-state index is 11.8. The molecule has 1 heterocycles. The molecule has 4 nitrogen and oxygen atoms in total. The van der Waals surface area contributed by atoms with Gasteiger partial charge in [0.1, 0.15) is 5.60 Å². The van der Waals surface area contributed by atoms with Gasteiger partial charge in [-0.3, -0.25) is 4.90 Å². The van der Waals surface area contributed by atoms with Gasteiger partial charge in [-0.15, -0.1) is 0 Å². The topological polar surface area (TPSA) is 41.6 Å². The summed E-state index contributed by atoms with van der Waals surface area (Å²) in [6.07, 6.45) is 3.27. The third-order valence-corrected chi connectivity index (χ3v) is 3.86. The molecule has 1 aromatic rings. The van der Waals surface area contributed by atoms with Gasteiger partial charge >= 0.3 is 6.09 Å². The Morgan fingerprint density at radius 2 is 2.00 bits per heavy atom. The quantitative estimate of drug-likeness (QED) is 0.924. The highest BCUT2D eigenvalue weighted by Crippen LogP contribution is 2.19. The van der Waals surface area contributed by atoms with Gasteiger partial charge in [0.15, 0.2) is 0 Å². The lowest BCUT2D eigenvalue weighted by atomic mass is 10.0. The van der Waals surface area contributed by atoms with Crippen LogP contribution >= 0.6 is 0 Å². The zero-order valence-corrected chi connectivity index (χ0v) is 14.0. The van der Waals surface area contributed by atoms with Crippen molar-refractivity contribution in [3.05, 3.63) is 35.9 Å². The van der Waals surface area contributed by atoms with Crippen molar-refractivity contribution in [1.29, 1.82) is 0 Å². The van der Waals surface area contributed by atoms with E-state index in [1.165, 1.54) is 18.4 Å². The Morgan fingerprint density at radius 1 is 1.27 bits per heavy atom. The van der Waals surface area contributed by atoms with E-state index in [4.69, 9.17) is 4.74 Å². The standard InChI is InChI=1S/C18H28N2O2/c1-18(2,3)22-17(21)19-13-16-11-7-8-12-20(16)14-15-9-5-4-6-10-15/h4-6,9-10,16H,7-8,11-14H2,1-3H3,(H,19,21). The molecule has 1 unspecified atom stereocenters. The van der Waals surface area contributed by atoms with Crippen LogP contribution in [0.5, 0.6) is 0 Å². The highest BCUT2D eigenvalue weighted by atomic mass is 16.6. The molecule has 1 N–H and O–H groups in total. The van der Waals surface area contributed by atoms with E-state index < -0.39 is 5.60 Å². The minimum absolute atomic E-state index is 0.322. The number of ether oxygens (including phenoxy) is 1. The summed E-state index contributed by atoms with van der Waals surface area (Å²) < 4.78 is 5.31. The van der Waals surface area contributed by atoms with Gasteiger partial charge in [-0.2, -0.15) is 0 Å². The Bertz CT molecular complexity index is 468. The van der Waals surface area contributed by atoms with Gasteiger partial charge in [0.25, 0.3) is 0 Å². The van der Waals surface area contributed by atoms with Gasteiger partial charge in [-0.1, -0.05) is 36.8 Å². The summed E-state index contributed by atoms with van der Waals surface area (Å²) in [6.45, 7) is 8.34. The predicted octanol–water partition coefficient (Wildman–Crippen LogP) is 3.57. The third-order valence-electron chi connectivity index (χ3n) is 3.86. The first-order valence-corrected chi connectivity index (χ1v) is 8.19. The lowest BCUT2D eigenvalue weighted by molar-refractivity contribution is 0.0492. The number of nitrogens with one attached hydrogen (secondary N) is 1. The van der Waals surface area contributed by atoms with Crippen LogP contribution in [0.1, 0.15) is 45.6 Å². The molecule has 0 spiro atoms. The monoisotopic (exact) mass is 304 g/mol. The number of hydrogen-bond acceptors (Lipinski definition) is 3. The molecule has 1 fully saturated rings. The Labute approximate surface area is 133 Å². The predicted molar refractivity (Wildman–Crippen MR) is 88.7 cm³/mol. The van der Waals surface area contributed by atoms with Gasteiger partial charge in [0, 0.05) is 19.1 Å². The van der Waals surface area contributed by atoms with Gasteiger partial charge in [0.2, 0.25) is 0 Å². The van der Waals surface area contributed by atoms with Crippen LogP contribution in [0.25, 0.3) is 0 Å². The first-order valence-electron chi connectivity index (χ1n) is 8.19. The van der Waals surface area contributed by atoms with Crippen LogP contribution in [0.4, 0.5) is 4.79 Å². The van der Waals surface area contributed by atoms with Crippen LogP contribution in [0, 0.1) is 0 Å². The number of nitrogens with zero attached hydrogens (tertiary/aromatic N) is 1. The zero-order valence-electron chi connectivity index (χ0n) is 14.0. The van der Waals surface area contributed by atoms with Crippen LogP contribution in [0.15, 0.2) is 30.3 Å². The summed E-state index contributed by atoms with van der Waals surface area (Å²) in [7, 11) is 0. The smallest absolute Gasteiger partial charge is 0.407 e. The Morgan fingerprint density at radius 3 is 2.68 bits per heavy atom. The average Bonchev–Trinajstić information content (AvgIpc) is 2.46. The third kappa shape index (κ3) is 5.68. The number of benzene rings is 1. The number of carbonyl (C=O) groups is 1. The molecule has 22 heavy (non-hydrogen) atoms. The van der Waals surface area contributed by atoms with E-state index in [0.717, 1.165) is 19.5 Å². The first-order chi connectivity index (χ1) is 10.4. The number of hydrogen-bond donors (Lipinski definition) is 1. The molecule has 1 aromatic carbocycles. The fraction of sp³-hybridized carbons (Fsp3) is 0.611. The summed E-state index contributed by atoms with van der Waals surface area (Å²) in [5.41, 5.74) is 0.882. The van der Waals surface area contributed by atoms with E-state index in [0.29, 0.717) is 12.6 Å². The van der Waals surface area contributed by atoms with Crippen molar-refractivity contribution < 1.29 is 9.53 Å².